The van der Waals surface area contributed by atoms with Crippen molar-refractivity contribution >= 4 is 12.2 Å². The predicted octanol–water partition coefficient (Wildman–Crippen LogP) is 4.06. The predicted molar refractivity (Wildman–Crippen MR) is 99.4 cm³/mol. The Morgan fingerprint density at radius 2 is 1.92 bits per heavy atom. The highest BCUT2D eigenvalue weighted by atomic mass is 16.7. The molecule has 0 aromatic heterocycles. The number of hydrogen-bond acceptors (Lipinski definition) is 4. The molecule has 0 radical (unpaired) electrons. The maximum atomic E-state index is 11.7. The summed E-state index contributed by atoms with van der Waals surface area (Å²) in [6.45, 7) is 2.08. The summed E-state index contributed by atoms with van der Waals surface area (Å²) >= 11 is 0. The lowest BCUT2D eigenvalue weighted by atomic mass is 10.1. The van der Waals surface area contributed by atoms with Gasteiger partial charge in [0.05, 0.1) is 13.2 Å². The summed E-state index contributed by atoms with van der Waals surface area (Å²) in [5, 5.41) is 2.74. The molecule has 0 aliphatic carbocycles. The van der Waals surface area contributed by atoms with Crippen molar-refractivity contribution < 1.29 is 19.0 Å². The molecule has 1 heterocycles. The standard InChI is InChI=1S/C21H23NO4/c23-21(26-16-18-8-2-1-3-9-18)22-12-5-4-7-17-10-6-11-19(15-17)20-24-13-14-25-20/h1-4,6-11,15,20H,5,12-14,16H2,(H,22,23). The van der Waals surface area contributed by atoms with E-state index in [1.54, 1.807) is 0 Å². The van der Waals surface area contributed by atoms with Crippen LogP contribution in [0.1, 0.15) is 29.4 Å². The van der Waals surface area contributed by atoms with E-state index in [2.05, 4.69) is 5.32 Å². The van der Waals surface area contributed by atoms with Gasteiger partial charge in [0.1, 0.15) is 6.61 Å². The van der Waals surface area contributed by atoms with Crippen molar-refractivity contribution in [2.75, 3.05) is 19.8 Å². The van der Waals surface area contributed by atoms with Crippen molar-refractivity contribution in [3.05, 3.63) is 77.4 Å². The molecule has 5 nitrogen and oxygen atoms in total. The molecule has 0 spiro atoms. The van der Waals surface area contributed by atoms with Crippen LogP contribution in [0, 0.1) is 0 Å². The second kappa shape index (κ2) is 9.75. The Bertz CT molecular complexity index is 724. The first-order valence-corrected chi connectivity index (χ1v) is 8.75. The van der Waals surface area contributed by atoms with Crippen LogP contribution in [-0.4, -0.2) is 25.9 Å². The third kappa shape index (κ3) is 5.72. The van der Waals surface area contributed by atoms with Gasteiger partial charge in [0.25, 0.3) is 0 Å². The van der Waals surface area contributed by atoms with Crippen molar-refractivity contribution in [2.24, 2.45) is 0 Å². The number of nitrogens with one attached hydrogen (secondary N) is 1. The van der Waals surface area contributed by atoms with E-state index in [1.807, 2.05) is 66.7 Å². The Labute approximate surface area is 153 Å². The van der Waals surface area contributed by atoms with Crippen molar-refractivity contribution in [3.8, 4) is 0 Å². The molecular formula is C21H23NO4. The molecule has 0 saturated carbocycles. The minimum absolute atomic E-state index is 0.260. The van der Waals surface area contributed by atoms with Gasteiger partial charge in [0, 0.05) is 12.1 Å². The minimum atomic E-state index is -0.403. The van der Waals surface area contributed by atoms with Gasteiger partial charge < -0.3 is 19.5 Å². The van der Waals surface area contributed by atoms with Gasteiger partial charge in [-0.05, 0) is 23.6 Å². The highest BCUT2D eigenvalue weighted by molar-refractivity contribution is 5.67. The fraction of sp³-hybridized carbons (Fsp3) is 0.286. The van der Waals surface area contributed by atoms with Crippen LogP contribution in [0.25, 0.3) is 6.08 Å². The highest BCUT2D eigenvalue weighted by Gasteiger charge is 2.17. The second-order valence-electron chi connectivity index (χ2n) is 5.92. The SMILES string of the molecule is O=C(NCCC=Cc1cccc(C2OCCO2)c1)OCc1ccccc1. The maximum Gasteiger partial charge on any atom is 0.407 e. The number of rotatable bonds is 7. The van der Waals surface area contributed by atoms with E-state index >= 15 is 0 Å². The lowest BCUT2D eigenvalue weighted by molar-refractivity contribution is -0.0441. The molecule has 26 heavy (non-hydrogen) atoms. The smallest absolute Gasteiger partial charge is 0.407 e. The molecule has 2 aromatic carbocycles. The molecule has 1 saturated heterocycles. The summed E-state index contributed by atoms with van der Waals surface area (Å²) in [4.78, 5) is 11.7. The van der Waals surface area contributed by atoms with Crippen molar-refractivity contribution in [2.45, 2.75) is 19.3 Å². The third-order valence-electron chi connectivity index (χ3n) is 3.91. The number of ether oxygens (including phenoxy) is 3. The third-order valence-corrected chi connectivity index (χ3v) is 3.91. The fourth-order valence-electron chi connectivity index (χ4n) is 2.61. The summed E-state index contributed by atoms with van der Waals surface area (Å²) in [6, 6.07) is 17.7. The Hall–Kier alpha value is -2.63. The summed E-state index contributed by atoms with van der Waals surface area (Å²) in [5.41, 5.74) is 3.07. The van der Waals surface area contributed by atoms with E-state index in [-0.39, 0.29) is 12.9 Å². The molecule has 3 rings (SSSR count). The Morgan fingerprint density at radius 1 is 1.12 bits per heavy atom. The molecular weight excluding hydrogens is 330 g/mol. The van der Waals surface area contributed by atoms with E-state index in [1.165, 1.54) is 0 Å². The molecule has 0 unspecified atom stereocenters. The first-order valence-electron chi connectivity index (χ1n) is 8.75. The molecule has 1 fully saturated rings. The molecule has 0 bridgehead atoms. The average Bonchev–Trinajstić information content (AvgIpc) is 3.22. The van der Waals surface area contributed by atoms with Crippen LogP contribution >= 0.6 is 0 Å². The summed E-state index contributed by atoms with van der Waals surface area (Å²) in [7, 11) is 0. The quantitative estimate of drug-likeness (QED) is 0.763. The number of alkyl carbamates (subject to hydrolysis) is 1. The zero-order chi connectivity index (χ0) is 18.0. The monoisotopic (exact) mass is 353 g/mol. The number of benzene rings is 2. The first-order chi connectivity index (χ1) is 12.8. The number of carbonyl (C=O) groups excluding carboxylic acids is 1. The van der Waals surface area contributed by atoms with Crippen LogP contribution in [-0.2, 0) is 20.8 Å². The summed E-state index contributed by atoms with van der Waals surface area (Å²) < 4.78 is 16.2. The van der Waals surface area contributed by atoms with Gasteiger partial charge in [-0.15, -0.1) is 0 Å². The zero-order valence-corrected chi connectivity index (χ0v) is 14.6. The molecule has 0 atom stereocenters. The topological polar surface area (TPSA) is 56.8 Å². The Kier molecular flexibility index (Phi) is 6.81. The minimum Gasteiger partial charge on any atom is -0.445 e. The second-order valence-corrected chi connectivity index (χ2v) is 5.92. The van der Waals surface area contributed by atoms with E-state index in [4.69, 9.17) is 14.2 Å². The van der Waals surface area contributed by atoms with E-state index in [0.29, 0.717) is 19.8 Å². The van der Waals surface area contributed by atoms with Crippen LogP contribution in [0.4, 0.5) is 4.79 Å². The first kappa shape index (κ1) is 18.2. The van der Waals surface area contributed by atoms with E-state index in [0.717, 1.165) is 23.1 Å². The molecule has 1 aliphatic heterocycles. The van der Waals surface area contributed by atoms with Crippen LogP contribution in [0.3, 0.4) is 0 Å². The van der Waals surface area contributed by atoms with E-state index in [9.17, 15) is 4.79 Å². The summed E-state index contributed by atoms with van der Waals surface area (Å²) in [5.74, 6) is 0. The molecule has 5 heteroatoms. The largest absolute Gasteiger partial charge is 0.445 e. The van der Waals surface area contributed by atoms with Gasteiger partial charge in [-0.2, -0.15) is 0 Å². The zero-order valence-electron chi connectivity index (χ0n) is 14.6. The number of hydrogen-bond donors (Lipinski definition) is 1. The normalized spacial score (nSPS) is 14.6. The van der Waals surface area contributed by atoms with Gasteiger partial charge in [-0.1, -0.05) is 60.7 Å². The van der Waals surface area contributed by atoms with Crippen molar-refractivity contribution in [3.63, 3.8) is 0 Å². The molecule has 1 N–H and O–H groups in total. The number of carbonyl (C=O) groups is 1. The lowest BCUT2D eigenvalue weighted by Crippen LogP contribution is -2.24. The van der Waals surface area contributed by atoms with Gasteiger partial charge in [-0.25, -0.2) is 4.79 Å². The summed E-state index contributed by atoms with van der Waals surface area (Å²) in [6.07, 6.45) is 4.10. The van der Waals surface area contributed by atoms with Crippen molar-refractivity contribution in [1.29, 1.82) is 0 Å². The van der Waals surface area contributed by atoms with E-state index < -0.39 is 6.09 Å². The number of amides is 1. The maximum absolute atomic E-state index is 11.7. The molecule has 1 amide bonds. The molecule has 136 valence electrons. The van der Waals surface area contributed by atoms with Gasteiger partial charge in [-0.3, -0.25) is 0 Å². The van der Waals surface area contributed by atoms with Gasteiger partial charge in [0.2, 0.25) is 0 Å². The highest BCUT2D eigenvalue weighted by Crippen LogP contribution is 2.24. The van der Waals surface area contributed by atoms with Crippen LogP contribution in [0.5, 0.6) is 0 Å². The Morgan fingerprint density at radius 3 is 2.73 bits per heavy atom. The van der Waals surface area contributed by atoms with Crippen LogP contribution < -0.4 is 5.32 Å². The molecule has 2 aromatic rings. The van der Waals surface area contributed by atoms with Gasteiger partial charge in [0.15, 0.2) is 6.29 Å². The van der Waals surface area contributed by atoms with Crippen molar-refractivity contribution in [1.82, 2.24) is 5.32 Å². The van der Waals surface area contributed by atoms with Gasteiger partial charge >= 0.3 is 6.09 Å². The lowest BCUT2D eigenvalue weighted by Gasteiger charge is -2.09. The van der Waals surface area contributed by atoms with Crippen LogP contribution in [0.15, 0.2) is 60.7 Å². The fourth-order valence-corrected chi connectivity index (χ4v) is 2.61. The molecule has 1 aliphatic rings. The average molecular weight is 353 g/mol. The Balaban J connectivity index is 1.36. The van der Waals surface area contributed by atoms with Crippen LogP contribution in [0.2, 0.25) is 0 Å².